The minimum absolute atomic E-state index is 0.450. The lowest BCUT2D eigenvalue weighted by Crippen LogP contribution is -2.31. The van der Waals surface area contributed by atoms with Crippen LogP contribution in [-0.4, -0.2) is 28.0 Å². The zero-order valence-corrected chi connectivity index (χ0v) is 13.5. The van der Waals surface area contributed by atoms with Crippen LogP contribution in [0.2, 0.25) is 0 Å². The maximum Gasteiger partial charge on any atom is 0.228 e. The van der Waals surface area contributed by atoms with Crippen LogP contribution in [-0.2, 0) is 12.2 Å². The second-order valence-electron chi connectivity index (χ2n) is 5.59. The van der Waals surface area contributed by atoms with Gasteiger partial charge in [0, 0.05) is 17.7 Å². The summed E-state index contributed by atoms with van der Waals surface area (Å²) in [6.45, 7) is 5.43. The zero-order chi connectivity index (χ0) is 14.2. The summed E-state index contributed by atoms with van der Waals surface area (Å²) in [4.78, 5) is 4.53. The number of nitrogens with zero attached hydrogens (tertiary/aromatic N) is 2. The van der Waals surface area contributed by atoms with Crippen LogP contribution in [0.1, 0.15) is 64.1 Å². The molecule has 5 heteroatoms. The second-order valence-corrected chi connectivity index (χ2v) is 6.87. The van der Waals surface area contributed by atoms with E-state index < -0.39 is 0 Å². The Morgan fingerprint density at radius 1 is 1.35 bits per heavy atom. The Bertz CT molecular complexity index is 377. The van der Waals surface area contributed by atoms with E-state index in [9.17, 15) is 0 Å². The predicted octanol–water partition coefficient (Wildman–Crippen LogP) is 3.57. The summed E-state index contributed by atoms with van der Waals surface area (Å²) in [5.41, 5.74) is 0. The highest BCUT2D eigenvalue weighted by molar-refractivity contribution is 7.99. The molecule has 1 aliphatic rings. The van der Waals surface area contributed by atoms with Gasteiger partial charge in [-0.15, -0.1) is 0 Å². The third kappa shape index (κ3) is 5.09. The Labute approximate surface area is 126 Å². The second kappa shape index (κ2) is 8.67. The van der Waals surface area contributed by atoms with Crippen LogP contribution in [0.4, 0.5) is 0 Å². The van der Waals surface area contributed by atoms with Gasteiger partial charge in [-0.2, -0.15) is 16.7 Å². The van der Waals surface area contributed by atoms with Gasteiger partial charge in [0.15, 0.2) is 5.82 Å². The molecule has 20 heavy (non-hydrogen) atoms. The molecule has 0 aliphatic heterocycles. The topological polar surface area (TPSA) is 51.0 Å². The molecule has 1 atom stereocenters. The monoisotopic (exact) mass is 297 g/mol. The molecule has 0 radical (unpaired) electrons. The Balaban J connectivity index is 1.75. The SMILES string of the molecule is CCCNC(CC)Cc1nc(CSC2CCCC2)no1. The van der Waals surface area contributed by atoms with E-state index in [2.05, 4.69) is 29.3 Å². The van der Waals surface area contributed by atoms with Crippen LogP contribution in [0.15, 0.2) is 4.52 Å². The van der Waals surface area contributed by atoms with E-state index in [0.29, 0.717) is 6.04 Å². The molecule has 1 aromatic heterocycles. The van der Waals surface area contributed by atoms with Crippen LogP contribution >= 0.6 is 11.8 Å². The van der Waals surface area contributed by atoms with Gasteiger partial charge in [-0.3, -0.25) is 0 Å². The molecule has 4 nitrogen and oxygen atoms in total. The van der Waals surface area contributed by atoms with Gasteiger partial charge >= 0.3 is 0 Å². The van der Waals surface area contributed by atoms with E-state index in [1.165, 1.54) is 25.7 Å². The minimum atomic E-state index is 0.450. The molecule has 114 valence electrons. The van der Waals surface area contributed by atoms with Crippen molar-refractivity contribution < 1.29 is 4.52 Å². The molecule has 0 aromatic carbocycles. The summed E-state index contributed by atoms with van der Waals surface area (Å²) in [6, 6.07) is 0.450. The van der Waals surface area contributed by atoms with Crippen molar-refractivity contribution >= 4 is 11.8 Å². The van der Waals surface area contributed by atoms with Crippen LogP contribution in [0, 0.1) is 0 Å². The molecule has 1 unspecified atom stereocenters. The van der Waals surface area contributed by atoms with Crippen molar-refractivity contribution in [2.24, 2.45) is 0 Å². The highest BCUT2D eigenvalue weighted by Gasteiger charge is 2.17. The Morgan fingerprint density at radius 3 is 2.85 bits per heavy atom. The summed E-state index contributed by atoms with van der Waals surface area (Å²) in [7, 11) is 0. The van der Waals surface area contributed by atoms with E-state index in [1.807, 2.05) is 11.8 Å². The number of thioether (sulfide) groups is 1. The number of aromatic nitrogens is 2. The first-order valence-electron chi connectivity index (χ1n) is 7.98. The highest BCUT2D eigenvalue weighted by atomic mass is 32.2. The first-order valence-corrected chi connectivity index (χ1v) is 9.03. The van der Waals surface area contributed by atoms with Gasteiger partial charge in [0.05, 0.1) is 5.75 Å². The molecule has 0 saturated heterocycles. The lowest BCUT2D eigenvalue weighted by Gasteiger charge is -2.13. The van der Waals surface area contributed by atoms with Crippen molar-refractivity contribution in [1.82, 2.24) is 15.5 Å². The largest absolute Gasteiger partial charge is 0.339 e. The van der Waals surface area contributed by atoms with Gasteiger partial charge in [-0.25, -0.2) is 0 Å². The van der Waals surface area contributed by atoms with Gasteiger partial charge in [0.2, 0.25) is 5.89 Å². The first-order chi connectivity index (χ1) is 9.81. The van der Waals surface area contributed by atoms with Crippen LogP contribution < -0.4 is 5.32 Å². The lowest BCUT2D eigenvalue weighted by atomic mass is 10.1. The van der Waals surface area contributed by atoms with Gasteiger partial charge in [-0.1, -0.05) is 31.8 Å². The molecule has 0 amide bonds. The summed E-state index contributed by atoms with van der Waals surface area (Å²) in [5.74, 6) is 2.54. The van der Waals surface area contributed by atoms with Crippen LogP contribution in [0.25, 0.3) is 0 Å². The van der Waals surface area contributed by atoms with Crippen LogP contribution in [0.3, 0.4) is 0 Å². The van der Waals surface area contributed by atoms with Gasteiger partial charge < -0.3 is 9.84 Å². The fourth-order valence-electron chi connectivity index (χ4n) is 2.60. The molecule has 1 heterocycles. The molecule has 1 aliphatic carbocycles. The Hall–Kier alpha value is -0.550. The predicted molar refractivity (Wildman–Crippen MR) is 83.9 cm³/mol. The quantitative estimate of drug-likeness (QED) is 0.755. The number of hydrogen-bond donors (Lipinski definition) is 1. The molecule has 0 bridgehead atoms. The number of hydrogen-bond acceptors (Lipinski definition) is 5. The summed E-state index contributed by atoms with van der Waals surface area (Å²) in [5, 5.41) is 8.44. The maximum absolute atomic E-state index is 5.38. The van der Waals surface area contributed by atoms with E-state index in [1.54, 1.807) is 0 Å². The fourth-order valence-corrected chi connectivity index (χ4v) is 3.77. The van der Waals surface area contributed by atoms with E-state index in [4.69, 9.17) is 4.52 Å². The molecular formula is C15H27N3OS. The maximum atomic E-state index is 5.38. The highest BCUT2D eigenvalue weighted by Crippen LogP contribution is 2.30. The molecule has 0 spiro atoms. The molecular weight excluding hydrogens is 270 g/mol. The number of rotatable bonds is 9. The third-order valence-corrected chi connectivity index (χ3v) is 5.22. The molecule has 2 rings (SSSR count). The van der Waals surface area contributed by atoms with Crippen molar-refractivity contribution in [3.63, 3.8) is 0 Å². The van der Waals surface area contributed by atoms with E-state index in [-0.39, 0.29) is 0 Å². The molecule has 1 aromatic rings. The fraction of sp³-hybridized carbons (Fsp3) is 0.867. The minimum Gasteiger partial charge on any atom is -0.339 e. The van der Waals surface area contributed by atoms with Crippen molar-refractivity contribution in [3.8, 4) is 0 Å². The Kier molecular flexibility index (Phi) is 6.87. The summed E-state index contributed by atoms with van der Waals surface area (Å²) < 4.78 is 5.38. The summed E-state index contributed by atoms with van der Waals surface area (Å²) >= 11 is 1.99. The zero-order valence-electron chi connectivity index (χ0n) is 12.7. The molecule has 1 fully saturated rings. The van der Waals surface area contributed by atoms with Gasteiger partial charge in [0.1, 0.15) is 0 Å². The Morgan fingerprint density at radius 2 is 2.15 bits per heavy atom. The average Bonchev–Trinajstić information content (AvgIpc) is 3.12. The average molecular weight is 297 g/mol. The van der Waals surface area contributed by atoms with Crippen molar-refractivity contribution in [3.05, 3.63) is 11.7 Å². The third-order valence-electron chi connectivity index (χ3n) is 3.86. The standard InChI is InChI=1S/C15H27N3OS/c1-3-9-16-12(4-2)10-15-17-14(18-19-15)11-20-13-7-5-6-8-13/h12-13,16H,3-11H2,1-2H3. The van der Waals surface area contributed by atoms with Crippen molar-refractivity contribution in [2.45, 2.75) is 75.8 Å². The summed E-state index contributed by atoms with van der Waals surface area (Å²) in [6.07, 6.45) is 8.57. The van der Waals surface area contributed by atoms with Gasteiger partial charge in [0.25, 0.3) is 0 Å². The lowest BCUT2D eigenvalue weighted by molar-refractivity contribution is 0.351. The molecule has 1 saturated carbocycles. The first kappa shape index (κ1) is 15.8. The van der Waals surface area contributed by atoms with E-state index in [0.717, 1.165) is 48.5 Å². The van der Waals surface area contributed by atoms with Crippen LogP contribution in [0.5, 0.6) is 0 Å². The smallest absolute Gasteiger partial charge is 0.228 e. The van der Waals surface area contributed by atoms with E-state index >= 15 is 0 Å². The molecule has 1 N–H and O–H groups in total. The normalized spacial score (nSPS) is 17.7. The number of nitrogens with one attached hydrogen (secondary N) is 1. The van der Waals surface area contributed by atoms with Gasteiger partial charge in [-0.05, 0) is 32.2 Å². The van der Waals surface area contributed by atoms with Crippen molar-refractivity contribution in [1.29, 1.82) is 0 Å². The van der Waals surface area contributed by atoms with Crippen molar-refractivity contribution in [2.75, 3.05) is 6.54 Å².